The number of carbonyl (C=O) groups is 1. The van der Waals surface area contributed by atoms with Gasteiger partial charge in [-0.25, -0.2) is 19.9 Å². The van der Waals surface area contributed by atoms with Gasteiger partial charge < -0.3 is 15.2 Å². The number of nitrogen functional groups attached to an aromatic ring is 1. The third-order valence-electron chi connectivity index (χ3n) is 8.26. The Kier molecular flexibility index (Phi) is 5.20. The molecular weight excluding hydrogens is 438 g/mol. The maximum absolute atomic E-state index is 12.0. The van der Waals surface area contributed by atoms with Crippen LogP contribution in [-0.4, -0.2) is 48.4 Å². The number of aromatic nitrogens is 5. The summed E-state index contributed by atoms with van der Waals surface area (Å²) < 4.78 is 2.12. The van der Waals surface area contributed by atoms with Gasteiger partial charge in [-0.3, -0.25) is 4.79 Å². The van der Waals surface area contributed by atoms with Crippen molar-refractivity contribution in [2.24, 2.45) is 12.5 Å². The van der Waals surface area contributed by atoms with Crippen molar-refractivity contribution >= 4 is 28.3 Å². The second-order valence-electron chi connectivity index (χ2n) is 10.3. The van der Waals surface area contributed by atoms with Crippen LogP contribution in [-0.2, 0) is 11.8 Å². The zero-order valence-corrected chi connectivity index (χ0v) is 20.2. The molecule has 2 fully saturated rings. The number of allylic oxidation sites excluding steroid dienone is 2. The fraction of sp³-hybridized carbons (Fsp3) is 0.444. The van der Waals surface area contributed by atoms with Crippen molar-refractivity contribution in [1.29, 1.82) is 0 Å². The summed E-state index contributed by atoms with van der Waals surface area (Å²) in [5, 5.41) is 0.821. The van der Waals surface area contributed by atoms with E-state index in [1.807, 2.05) is 24.3 Å². The molecule has 4 heterocycles. The highest BCUT2D eigenvalue weighted by Gasteiger charge is 2.38. The molecule has 0 unspecified atom stereocenters. The molecule has 6 rings (SSSR count). The minimum absolute atomic E-state index is 0.0402. The van der Waals surface area contributed by atoms with Crippen molar-refractivity contribution < 1.29 is 4.79 Å². The van der Waals surface area contributed by atoms with E-state index in [0.29, 0.717) is 17.6 Å². The van der Waals surface area contributed by atoms with E-state index in [9.17, 15) is 4.79 Å². The lowest BCUT2D eigenvalue weighted by atomic mass is 9.68. The molecule has 0 aromatic carbocycles. The van der Waals surface area contributed by atoms with Gasteiger partial charge >= 0.3 is 0 Å². The lowest BCUT2D eigenvalue weighted by Crippen LogP contribution is -2.43. The number of hydrogen-bond acceptors (Lipinski definition) is 6. The molecule has 1 aliphatic heterocycles. The van der Waals surface area contributed by atoms with Crippen LogP contribution in [0.3, 0.4) is 0 Å². The number of anilines is 1. The molecule has 1 saturated heterocycles. The standard InChI is InChI=1S/C27H31N7O/c1-3-20(35)34-12-10-27(11-13-34)8-6-18(7-9-27)23-21(22-24(28)31-16-32-26(22)33(23)2)25-29-14-19(15-30-25)17-4-5-17/h3,6,14-17H,1,4-5,7-13H2,2H3,(H2,28,31,32). The number of likely N-dealkylation sites (tertiary alicyclic amines) is 1. The third-order valence-corrected chi connectivity index (χ3v) is 8.26. The summed E-state index contributed by atoms with van der Waals surface area (Å²) in [4.78, 5) is 32.3. The normalized spacial score (nSPS) is 19.7. The van der Waals surface area contributed by atoms with E-state index in [1.165, 1.54) is 36.4 Å². The van der Waals surface area contributed by atoms with E-state index in [1.54, 1.807) is 0 Å². The van der Waals surface area contributed by atoms with E-state index in [4.69, 9.17) is 15.7 Å². The summed E-state index contributed by atoms with van der Waals surface area (Å²) in [6, 6.07) is 0. The Morgan fingerprint density at radius 2 is 1.89 bits per heavy atom. The van der Waals surface area contributed by atoms with Gasteiger partial charge in [-0.1, -0.05) is 12.7 Å². The minimum Gasteiger partial charge on any atom is -0.383 e. The number of aryl methyl sites for hydroxylation is 1. The zero-order valence-electron chi connectivity index (χ0n) is 20.2. The third kappa shape index (κ3) is 3.72. The largest absolute Gasteiger partial charge is 0.383 e. The number of carbonyl (C=O) groups excluding carboxylic acids is 1. The Hall–Kier alpha value is -3.55. The number of rotatable bonds is 4. The van der Waals surface area contributed by atoms with Crippen molar-refractivity contribution in [1.82, 2.24) is 29.4 Å². The van der Waals surface area contributed by atoms with Crippen LogP contribution in [0.4, 0.5) is 5.82 Å². The molecule has 1 spiro atoms. The van der Waals surface area contributed by atoms with Gasteiger partial charge in [0.2, 0.25) is 5.91 Å². The predicted molar refractivity (Wildman–Crippen MR) is 136 cm³/mol. The van der Waals surface area contributed by atoms with Crippen LogP contribution >= 0.6 is 0 Å². The minimum atomic E-state index is 0.0402. The molecule has 3 aromatic rings. The quantitative estimate of drug-likeness (QED) is 0.573. The second kappa shape index (κ2) is 8.29. The van der Waals surface area contributed by atoms with Crippen LogP contribution in [0.5, 0.6) is 0 Å². The first-order valence-corrected chi connectivity index (χ1v) is 12.5. The molecule has 1 amide bonds. The Balaban J connectivity index is 1.37. The molecule has 0 radical (unpaired) electrons. The average molecular weight is 470 g/mol. The van der Waals surface area contributed by atoms with E-state index in [-0.39, 0.29) is 11.3 Å². The number of nitrogens with zero attached hydrogens (tertiary/aromatic N) is 6. The molecule has 8 heteroatoms. The van der Waals surface area contributed by atoms with E-state index >= 15 is 0 Å². The van der Waals surface area contributed by atoms with Crippen molar-refractivity contribution in [3.8, 4) is 11.4 Å². The van der Waals surface area contributed by atoms with Gasteiger partial charge in [-0.15, -0.1) is 0 Å². The maximum Gasteiger partial charge on any atom is 0.245 e. The van der Waals surface area contributed by atoms with E-state index < -0.39 is 0 Å². The van der Waals surface area contributed by atoms with Crippen LogP contribution in [0, 0.1) is 5.41 Å². The second-order valence-corrected chi connectivity index (χ2v) is 10.3. The van der Waals surface area contributed by atoms with Crippen molar-refractivity contribution in [3.05, 3.63) is 48.7 Å². The maximum atomic E-state index is 12.0. The van der Waals surface area contributed by atoms with Gasteiger partial charge in [0, 0.05) is 32.5 Å². The first-order valence-electron chi connectivity index (χ1n) is 12.5. The van der Waals surface area contributed by atoms with Crippen molar-refractivity contribution in [2.75, 3.05) is 18.8 Å². The van der Waals surface area contributed by atoms with E-state index in [2.05, 4.69) is 27.2 Å². The average Bonchev–Trinajstić information content (AvgIpc) is 3.70. The van der Waals surface area contributed by atoms with Crippen LogP contribution in [0.15, 0.2) is 37.5 Å². The predicted octanol–water partition coefficient (Wildman–Crippen LogP) is 4.25. The highest BCUT2D eigenvalue weighted by molar-refractivity contribution is 6.04. The molecule has 1 saturated carbocycles. The van der Waals surface area contributed by atoms with Gasteiger partial charge in [0.1, 0.15) is 17.8 Å². The molecule has 3 aliphatic rings. The SMILES string of the molecule is C=CC(=O)N1CCC2(CC=C(c3c(-c4ncc(C5CC5)cn4)c4c(N)ncnc4n3C)CC2)CC1. The summed E-state index contributed by atoms with van der Waals surface area (Å²) in [7, 11) is 2.04. The molecule has 2 aliphatic carbocycles. The van der Waals surface area contributed by atoms with Crippen LogP contribution in [0.25, 0.3) is 28.0 Å². The Morgan fingerprint density at radius 3 is 2.51 bits per heavy atom. The summed E-state index contributed by atoms with van der Waals surface area (Å²) in [5.41, 5.74) is 11.9. The Bertz CT molecular complexity index is 1340. The molecule has 0 atom stereocenters. The molecule has 2 N–H and O–H groups in total. The fourth-order valence-electron chi connectivity index (χ4n) is 5.91. The topological polar surface area (TPSA) is 103 Å². The number of nitrogens with two attached hydrogens (primary N) is 1. The number of fused-ring (bicyclic) bond motifs is 1. The first-order chi connectivity index (χ1) is 17.0. The summed E-state index contributed by atoms with van der Waals surface area (Å²) in [6.07, 6.45) is 16.8. The zero-order chi connectivity index (χ0) is 24.2. The highest BCUT2D eigenvalue weighted by Crippen LogP contribution is 2.48. The lowest BCUT2D eigenvalue weighted by molar-refractivity contribution is -0.128. The molecule has 35 heavy (non-hydrogen) atoms. The number of piperidine rings is 1. The van der Waals surface area contributed by atoms with Gasteiger partial charge in [0.05, 0.1) is 16.6 Å². The van der Waals surface area contributed by atoms with Crippen LogP contribution < -0.4 is 5.73 Å². The highest BCUT2D eigenvalue weighted by atomic mass is 16.2. The number of amides is 1. The molecule has 0 bridgehead atoms. The molecule has 8 nitrogen and oxygen atoms in total. The lowest BCUT2D eigenvalue weighted by Gasteiger charge is -2.43. The van der Waals surface area contributed by atoms with Gasteiger partial charge in [0.25, 0.3) is 0 Å². The monoisotopic (exact) mass is 469 g/mol. The van der Waals surface area contributed by atoms with Gasteiger partial charge in [-0.05, 0) is 73.5 Å². The summed E-state index contributed by atoms with van der Waals surface area (Å²) in [6.45, 7) is 5.25. The smallest absolute Gasteiger partial charge is 0.245 e. The van der Waals surface area contributed by atoms with Gasteiger partial charge in [0.15, 0.2) is 5.82 Å². The van der Waals surface area contributed by atoms with Crippen molar-refractivity contribution in [3.63, 3.8) is 0 Å². The van der Waals surface area contributed by atoms with Crippen LogP contribution in [0.1, 0.15) is 62.1 Å². The Labute approximate surface area is 205 Å². The fourth-order valence-corrected chi connectivity index (χ4v) is 5.91. The van der Waals surface area contributed by atoms with Crippen molar-refractivity contribution in [2.45, 2.75) is 50.9 Å². The molecule has 180 valence electrons. The molecule has 3 aromatic heterocycles. The summed E-state index contributed by atoms with van der Waals surface area (Å²) in [5.74, 6) is 1.77. The number of hydrogen-bond donors (Lipinski definition) is 1. The van der Waals surface area contributed by atoms with Gasteiger partial charge in [-0.2, -0.15) is 0 Å². The van der Waals surface area contributed by atoms with Crippen LogP contribution in [0.2, 0.25) is 0 Å². The summed E-state index contributed by atoms with van der Waals surface area (Å²) >= 11 is 0. The Morgan fingerprint density at radius 1 is 1.14 bits per heavy atom. The first kappa shape index (κ1) is 21.9. The van der Waals surface area contributed by atoms with E-state index in [0.717, 1.165) is 67.5 Å². The molecular formula is C27H31N7O.